The maximum Gasteiger partial charge on any atom is 0.326 e. The molecule has 0 radical (unpaired) electrons. The number of amides is 2. The average Bonchev–Trinajstić information content (AvgIpc) is 3.31. The van der Waals surface area contributed by atoms with Gasteiger partial charge >= 0.3 is 5.97 Å². The van der Waals surface area contributed by atoms with Gasteiger partial charge in [-0.25, -0.2) is 4.79 Å². The van der Waals surface area contributed by atoms with E-state index in [4.69, 9.17) is 11.6 Å². The van der Waals surface area contributed by atoms with Crippen LogP contribution in [0.1, 0.15) is 57.3 Å². The Morgan fingerprint density at radius 1 is 1.31 bits per heavy atom. The standard InChI is InChI=1S/C19H25ClN2O4/c1-11(18(25)26)22(13-6-7-13)17(24)14-9-12(5-8-15(14)20)21-16(23)10-19(2,3)4/h5,8-9,11,13H,6-7,10H2,1-4H3,(H,21,23)(H,25,26). The van der Waals surface area contributed by atoms with E-state index in [2.05, 4.69) is 5.32 Å². The molecule has 1 aliphatic rings. The van der Waals surface area contributed by atoms with Crippen LogP contribution in [0.3, 0.4) is 0 Å². The summed E-state index contributed by atoms with van der Waals surface area (Å²) in [5.41, 5.74) is 0.500. The SMILES string of the molecule is CC(C(=O)O)N(C(=O)c1cc(NC(=O)CC(C)(C)C)ccc1Cl)C1CC1. The minimum atomic E-state index is -1.06. The number of carboxylic acids is 1. The molecule has 1 aromatic carbocycles. The Morgan fingerprint density at radius 3 is 2.42 bits per heavy atom. The molecule has 0 bridgehead atoms. The van der Waals surface area contributed by atoms with Crippen LogP contribution < -0.4 is 5.32 Å². The highest BCUT2D eigenvalue weighted by molar-refractivity contribution is 6.34. The average molecular weight is 381 g/mol. The maximum atomic E-state index is 12.9. The quantitative estimate of drug-likeness (QED) is 0.785. The lowest BCUT2D eigenvalue weighted by molar-refractivity contribution is -0.141. The van der Waals surface area contributed by atoms with Crippen molar-refractivity contribution in [1.82, 2.24) is 4.90 Å². The van der Waals surface area contributed by atoms with Gasteiger partial charge in [0, 0.05) is 18.2 Å². The molecule has 7 heteroatoms. The molecular weight excluding hydrogens is 356 g/mol. The van der Waals surface area contributed by atoms with E-state index < -0.39 is 17.9 Å². The van der Waals surface area contributed by atoms with Crippen molar-refractivity contribution >= 4 is 35.1 Å². The largest absolute Gasteiger partial charge is 0.480 e. The van der Waals surface area contributed by atoms with Gasteiger partial charge in [0.15, 0.2) is 0 Å². The molecule has 2 rings (SSSR count). The topological polar surface area (TPSA) is 86.7 Å². The molecule has 6 nitrogen and oxygen atoms in total. The minimum Gasteiger partial charge on any atom is -0.480 e. The van der Waals surface area contributed by atoms with Crippen LogP contribution in [-0.4, -0.2) is 39.9 Å². The second kappa shape index (κ2) is 7.66. The lowest BCUT2D eigenvalue weighted by Crippen LogP contribution is -2.44. The molecule has 1 aromatic rings. The number of hydrogen-bond donors (Lipinski definition) is 2. The van der Waals surface area contributed by atoms with Gasteiger partial charge in [0.05, 0.1) is 10.6 Å². The van der Waals surface area contributed by atoms with Crippen LogP contribution in [0.25, 0.3) is 0 Å². The summed E-state index contributed by atoms with van der Waals surface area (Å²) in [4.78, 5) is 37.8. The van der Waals surface area contributed by atoms with Gasteiger partial charge in [0.2, 0.25) is 5.91 Å². The van der Waals surface area contributed by atoms with Gasteiger partial charge < -0.3 is 15.3 Å². The van der Waals surface area contributed by atoms with Crippen molar-refractivity contribution in [2.24, 2.45) is 5.41 Å². The van der Waals surface area contributed by atoms with E-state index in [1.807, 2.05) is 20.8 Å². The molecule has 0 aromatic heterocycles. The summed E-state index contributed by atoms with van der Waals surface area (Å²) < 4.78 is 0. The third-order valence-electron chi connectivity index (χ3n) is 4.12. The Labute approximate surface area is 158 Å². The van der Waals surface area contributed by atoms with Crippen molar-refractivity contribution in [3.05, 3.63) is 28.8 Å². The van der Waals surface area contributed by atoms with Crippen LogP contribution in [0.15, 0.2) is 18.2 Å². The van der Waals surface area contributed by atoms with E-state index in [9.17, 15) is 19.5 Å². The van der Waals surface area contributed by atoms with E-state index >= 15 is 0 Å². The van der Waals surface area contributed by atoms with Gasteiger partial charge in [-0.2, -0.15) is 0 Å². The van der Waals surface area contributed by atoms with Crippen molar-refractivity contribution in [2.45, 2.75) is 59.0 Å². The van der Waals surface area contributed by atoms with E-state index in [1.54, 1.807) is 6.07 Å². The highest BCUT2D eigenvalue weighted by Gasteiger charge is 2.39. The predicted octanol–water partition coefficient (Wildman–Crippen LogP) is 3.79. The number of carbonyl (C=O) groups is 3. The van der Waals surface area contributed by atoms with Crippen molar-refractivity contribution in [3.63, 3.8) is 0 Å². The fraction of sp³-hybridized carbons (Fsp3) is 0.526. The Kier molecular flexibility index (Phi) is 5.96. The molecule has 0 heterocycles. The number of hydrogen-bond acceptors (Lipinski definition) is 3. The van der Waals surface area contributed by atoms with E-state index in [0.717, 1.165) is 12.8 Å². The second-order valence-electron chi connectivity index (χ2n) is 7.94. The Morgan fingerprint density at radius 2 is 1.92 bits per heavy atom. The molecule has 26 heavy (non-hydrogen) atoms. The van der Waals surface area contributed by atoms with Crippen molar-refractivity contribution < 1.29 is 19.5 Å². The van der Waals surface area contributed by atoms with Gasteiger partial charge in [-0.05, 0) is 43.4 Å². The molecular formula is C19H25ClN2O4. The molecule has 0 saturated heterocycles. The first kappa shape index (κ1) is 20.2. The first-order valence-electron chi connectivity index (χ1n) is 8.64. The molecule has 1 atom stereocenters. The number of rotatable bonds is 6. The molecule has 142 valence electrons. The van der Waals surface area contributed by atoms with E-state index in [-0.39, 0.29) is 28.0 Å². The Bertz CT molecular complexity index is 723. The fourth-order valence-corrected chi connectivity index (χ4v) is 2.92. The van der Waals surface area contributed by atoms with E-state index in [0.29, 0.717) is 12.1 Å². The highest BCUT2D eigenvalue weighted by atomic mass is 35.5. The molecule has 2 amide bonds. The summed E-state index contributed by atoms with van der Waals surface area (Å²) in [5.74, 6) is -1.65. The maximum absolute atomic E-state index is 12.9. The minimum absolute atomic E-state index is 0.0798. The summed E-state index contributed by atoms with van der Waals surface area (Å²) in [5, 5.41) is 12.3. The van der Waals surface area contributed by atoms with Crippen molar-refractivity contribution in [3.8, 4) is 0 Å². The molecule has 1 unspecified atom stereocenters. The number of nitrogens with zero attached hydrogens (tertiary/aromatic N) is 1. The van der Waals surface area contributed by atoms with Crippen LogP contribution in [-0.2, 0) is 9.59 Å². The summed E-state index contributed by atoms with van der Waals surface area (Å²) in [6.07, 6.45) is 1.90. The van der Waals surface area contributed by atoms with Crippen LogP contribution in [0.2, 0.25) is 5.02 Å². The predicted molar refractivity (Wildman–Crippen MR) is 100 cm³/mol. The summed E-state index contributed by atoms with van der Waals surface area (Å²) >= 11 is 6.18. The normalized spacial score (nSPS) is 15.3. The van der Waals surface area contributed by atoms with Gasteiger partial charge in [0.25, 0.3) is 5.91 Å². The number of aliphatic carboxylic acids is 1. The molecule has 0 aliphatic heterocycles. The van der Waals surface area contributed by atoms with Gasteiger partial charge in [-0.1, -0.05) is 32.4 Å². The van der Waals surface area contributed by atoms with Gasteiger partial charge in [-0.15, -0.1) is 0 Å². The first-order valence-corrected chi connectivity index (χ1v) is 9.02. The molecule has 2 N–H and O–H groups in total. The zero-order chi connectivity index (χ0) is 19.6. The Balaban J connectivity index is 2.24. The van der Waals surface area contributed by atoms with Crippen molar-refractivity contribution in [1.29, 1.82) is 0 Å². The third kappa shape index (κ3) is 5.21. The first-order chi connectivity index (χ1) is 12.0. The number of benzene rings is 1. The smallest absolute Gasteiger partial charge is 0.326 e. The molecule has 0 spiro atoms. The van der Waals surface area contributed by atoms with Crippen LogP contribution in [0, 0.1) is 5.41 Å². The lowest BCUT2D eigenvalue weighted by atomic mass is 9.92. The van der Waals surface area contributed by atoms with Crippen LogP contribution >= 0.6 is 11.6 Å². The monoisotopic (exact) mass is 380 g/mol. The lowest BCUT2D eigenvalue weighted by Gasteiger charge is -2.27. The Hall–Kier alpha value is -2.08. The third-order valence-corrected chi connectivity index (χ3v) is 4.45. The summed E-state index contributed by atoms with van der Waals surface area (Å²) in [6, 6.07) is 3.66. The van der Waals surface area contributed by atoms with Gasteiger partial charge in [0.1, 0.15) is 6.04 Å². The molecule has 1 saturated carbocycles. The zero-order valence-corrected chi connectivity index (χ0v) is 16.3. The molecule has 1 fully saturated rings. The highest BCUT2D eigenvalue weighted by Crippen LogP contribution is 2.32. The number of anilines is 1. The number of halogens is 1. The fourth-order valence-electron chi connectivity index (χ4n) is 2.72. The number of carboxylic acid groups (broad SMARTS) is 1. The summed E-state index contributed by atoms with van der Waals surface area (Å²) in [7, 11) is 0. The second-order valence-corrected chi connectivity index (χ2v) is 8.35. The van der Waals surface area contributed by atoms with Gasteiger partial charge in [-0.3, -0.25) is 9.59 Å². The van der Waals surface area contributed by atoms with Crippen molar-refractivity contribution in [2.75, 3.05) is 5.32 Å². The summed E-state index contributed by atoms with van der Waals surface area (Å²) in [6.45, 7) is 7.38. The molecule has 1 aliphatic carbocycles. The number of carbonyl (C=O) groups excluding carboxylic acids is 2. The van der Waals surface area contributed by atoms with Crippen LogP contribution in [0.5, 0.6) is 0 Å². The number of nitrogens with one attached hydrogen (secondary N) is 1. The zero-order valence-electron chi connectivity index (χ0n) is 15.5. The van der Waals surface area contributed by atoms with Crippen LogP contribution in [0.4, 0.5) is 5.69 Å². The van der Waals surface area contributed by atoms with E-state index in [1.165, 1.54) is 24.0 Å².